The van der Waals surface area contributed by atoms with E-state index in [2.05, 4.69) is 29.8 Å². The molecule has 0 aliphatic rings. The molecule has 15 heavy (non-hydrogen) atoms. The number of rotatable bonds is 4. The fourth-order valence-electron chi connectivity index (χ4n) is 1.47. The van der Waals surface area contributed by atoms with Crippen LogP contribution in [-0.4, -0.2) is 6.54 Å². The number of nitrogens with two attached hydrogens (primary N) is 1. The van der Waals surface area contributed by atoms with Crippen LogP contribution in [0.5, 0.6) is 0 Å². The van der Waals surface area contributed by atoms with Gasteiger partial charge in [-0.2, -0.15) is 0 Å². The highest BCUT2D eigenvalue weighted by atomic mass is 79.9. The molecule has 2 N–H and O–H groups in total. The van der Waals surface area contributed by atoms with Crippen molar-refractivity contribution < 1.29 is 4.39 Å². The van der Waals surface area contributed by atoms with Crippen LogP contribution in [-0.2, 0) is 6.42 Å². The van der Waals surface area contributed by atoms with Crippen LogP contribution >= 0.6 is 15.9 Å². The maximum atomic E-state index is 13.5. The van der Waals surface area contributed by atoms with Gasteiger partial charge in [0, 0.05) is 4.47 Å². The summed E-state index contributed by atoms with van der Waals surface area (Å²) in [5, 5.41) is 0. The third-order valence-corrected chi connectivity index (χ3v) is 3.39. The predicted octanol–water partition coefficient (Wildman–Crippen LogP) is 3.36. The molecule has 0 aromatic heterocycles. The minimum atomic E-state index is -0.138. The average molecular weight is 274 g/mol. The molecule has 2 unspecified atom stereocenters. The van der Waals surface area contributed by atoms with Gasteiger partial charge in [0.25, 0.3) is 0 Å². The van der Waals surface area contributed by atoms with Crippen molar-refractivity contribution in [1.29, 1.82) is 0 Å². The summed E-state index contributed by atoms with van der Waals surface area (Å²) in [5.74, 6) is 0.694. The number of halogens is 2. The van der Waals surface area contributed by atoms with E-state index < -0.39 is 0 Å². The first-order chi connectivity index (χ1) is 7.04. The zero-order valence-electron chi connectivity index (χ0n) is 9.13. The Balaban J connectivity index is 2.72. The maximum Gasteiger partial charge on any atom is 0.127 e. The van der Waals surface area contributed by atoms with Crippen LogP contribution in [0.15, 0.2) is 22.7 Å². The van der Waals surface area contributed by atoms with Gasteiger partial charge in [0.1, 0.15) is 5.82 Å². The largest absolute Gasteiger partial charge is 0.330 e. The lowest BCUT2D eigenvalue weighted by atomic mass is 9.89. The SMILES string of the molecule is CC(CN)C(C)Cc1ccc(Br)cc1F. The number of benzene rings is 1. The molecule has 2 atom stereocenters. The second-order valence-electron chi connectivity index (χ2n) is 4.13. The lowest BCUT2D eigenvalue weighted by molar-refractivity contribution is 0.389. The van der Waals surface area contributed by atoms with Crippen LogP contribution in [0.3, 0.4) is 0 Å². The van der Waals surface area contributed by atoms with Gasteiger partial charge in [-0.15, -0.1) is 0 Å². The fraction of sp³-hybridized carbons (Fsp3) is 0.500. The molecular formula is C12H17BrFN. The first kappa shape index (κ1) is 12.7. The molecule has 0 aliphatic carbocycles. The molecule has 0 heterocycles. The second kappa shape index (κ2) is 5.61. The number of hydrogen-bond donors (Lipinski definition) is 1. The highest BCUT2D eigenvalue weighted by Gasteiger charge is 2.13. The summed E-state index contributed by atoms with van der Waals surface area (Å²) in [6.45, 7) is 4.86. The van der Waals surface area contributed by atoms with Gasteiger partial charge in [-0.05, 0) is 42.5 Å². The van der Waals surface area contributed by atoms with E-state index in [1.54, 1.807) is 0 Å². The van der Waals surface area contributed by atoms with Crippen molar-refractivity contribution in [3.63, 3.8) is 0 Å². The summed E-state index contributed by atoms with van der Waals surface area (Å²) in [6.07, 6.45) is 0.748. The quantitative estimate of drug-likeness (QED) is 0.895. The fourth-order valence-corrected chi connectivity index (χ4v) is 1.80. The lowest BCUT2D eigenvalue weighted by Gasteiger charge is -2.18. The van der Waals surface area contributed by atoms with Crippen molar-refractivity contribution in [1.82, 2.24) is 0 Å². The summed E-state index contributed by atoms with van der Waals surface area (Å²) >= 11 is 3.25. The van der Waals surface area contributed by atoms with Crippen molar-refractivity contribution in [2.75, 3.05) is 6.54 Å². The molecule has 1 nitrogen and oxygen atoms in total. The van der Waals surface area contributed by atoms with Crippen molar-refractivity contribution in [2.45, 2.75) is 20.3 Å². The van der Waals surface area contributed by atoms with Gasteiger partial charge in [-0.1, -0.05) is 35.8 Å². The molecular weight excluding hydrogens is 257 g/mol. The van der Waals surface area contributed by atoms with Gasteiger partial charge in [-0.3, -0.25) is 0 Å². The first-order valence-corrected chi connectivity index (χ1v) is 5.98. The summed E-state index contributed by atoms with van der Waals surface area (Å²) in [7, 11) is 0. The van der Waals surface area contributed by atoms with E-state index in [9.17, 15) is 4.39 Å². The van der Waals surface area contributed by atoms with E-state index in [-0.39, 0.29) is 5.82 Å². The second-order valence-corrected chi connectivity index (χ2v) is 5.05. The van der Waals surface area contributed by atoms with E-state index in [0.29, 0.717) is 18.4 Å². The lowest BCUT2D eigenvalue weighted by Crippen LogP contribution is -2.20. The zero-order valence-corrected chi connectivity index (χ0v) is 10.7. The van der Waals surface area contributed by atoms with Gasteiger partial charge >= 0.3 is 0 Å². The van der Waals surface area contributed by atoms with Gasteiger partial charge in [0.15, 0.2) is 0 Å². The van der Waals surface area contributed by atoms with Crippen LogP contribution in [0.2, 0.25) is 0 Å². The van der Waals surface area contributed by atoms with Crippen LogP contribution in [0.25, 0.3) is 0 Å². The van der Waals surface area contributed by atoms with E-state index >= 15 is 0 Å². The molecule has 0 spiro atoms. The molecule has 0 aliphatic heterocycles. The van der Waals surface area contributed by atoms with Crippen molar-refractivity contribution in [3.05, 3.63) is 34.1 Å². The number of hydrogen-bond acceptors (Lipinski definition) is 1. The summed E-state index contributed by atoms with van der Waals surface area (Å²) < 4.78 is 14.3. The zero-order chi connectivity index (χ0) is 11.4. The molecule has 0 fully saturated rings. The minimum Gasteiger partial charge on any atom is -0.330 e. The Hall–Kier alpha value is -0.410. The van der Waals surface area contributed by atoms with Crippen molar-refractivity contribution in [2.24, 2.45) is 17.6 Å². The topological polar surface area (TPSA) is 26.0 Å². The van der Waals surface area contributed by atoms with Gasteiger partial charge in [0.05, 0.1) is 0 Å². The van der Waals surface area contributed by atoms with Crippen LogP contribution in [0, 0.1) is 17.7 Å². The van der Waals surface area contributed by atoms with E-state index in [1.165, 1.54) is 6.07 Å². The van der Waals surface area contributed by atoms with Gasteiger partial charge < -0.3 is 5.73 Å². The molecule has 1 rings (SSSR count). The van der Waals surface area contributed by atoms with Crippen LogP contribution < -0.4 is 5.73 Å². The summed E-state index contributed by atoms with van der Waals surface area (Å²) in [6, 6.07) is 5.21. The molecule has 0 bridgehead atoms. The summed E-state index contributed by atoms with van der Waals surface area (Å²) in [4.78, 5) is 0. The van der Waals surface area contributed by atoms with Gasteiger partial charge in [0.2, 0.25) is 0 Å². The minimum absolute atomic E-state index is 0.138. The molecule has 0 saturated carbocycles. The normalized spacial score (nSPS) is 15.0. The predicted molar refractivity (Wildman–Crippen MR) is 65.2 cm³/mol. The smallest absolute Gasteiger partial charge is 0.127 e. The highest BCUT2D eigenvalue weighted by Crippen LogP contribution is 2.21. The molecule has 3 heteroatoms. The molecule has 0 radical (unpaired) electrons. The third-order valence-electron chi connectivity index (χ3n) is 2.90. The van der Waals surface area contributed by atoms with Gasteiger partial charge in [-0.25, -0.2) is 4.39 Å². The Bertz CT molecular complexity index is 327. The van der Waals surface area contributed by atoms with E-state index in [4.69, 9.17) is 5.73 Å². The monoisotopic (exact) mass is 273 g/mol. The standard InChI is InChI=1S/C12H17BrFN/c1-8(9(2)7-15)5-10-3-4-11(13)6-12(10)14/h3-4,6,8-9H,5,7,15H2,1-2H3. The molecule has 1 aromatic rings. The van der Waals surface area contributed by atoms with Crippen molar-refractivity contribution in [3.8, 4) is 0 Å². The highest BCUT2D eigenvalue weighted by molar-refractivity contribution is 9.10. The molecule has 1 aromatic carbocycles. The summed E-state index contributed by atoms with van der Waals surface area (Å²) in [5.41, 5.74) is 6.36. The third kappa shape index (κ3) is 3.58. The van der Waals surface area contributed by atoms with Crippen LogP contribution in [0.4, 0.5) is 4.39 Å². The van der Waals surface area contributed by atoms with E-state index in [1.807, 2.05) is 12.1 Å². The average Bonchev–Trinajstić information content (AvgIpc) is 2.20. The Labute approximate surface area is 99.0 Å². The van der Waals surface area contributed by atoms with Crippen molar-refractivity contribution >= 4 is 15.9 Å². The maximum absolute atomic E-state index is 13.5. The molecule has 0 amide bonds. The van der Waals surface area contributed by atoms with Crippen LogP contribution in [0.1, 0.15) is 19.4 Å². The Kier molecular flexibility index (Phi) is 4.74. The molecule has 0 saturated heterocycles. The first-order valence-electron chi connectivity index (χ1n) is 5.18. The van der Waals surface area contributed by atoms with E-state index in [0.717, 1.165) is 16.5 Å². The molecule has 84 valence electrons. The Morgan fingerprint density at radius 3 is 2.53 bits per heavy atom. The Morgan fingerprint density at radius 1 is 1.33 bits per heavy atom. The Morgan fingerprint density at radius 2 is 2.00 bits per heavy atom.